The van der Waals surface area contributed by atoms with Crippen LogP contribution in [-0.4, -0.2) is 52.9 Å². The summed E-state index contributed by atoms with van der Waals surface area (Å²) in [5.41, 5.74) is 0. The predicted molar refractivity (Wildman–Crippen MR) is 66.5 cm³/mol. The van der Waals surface area contributed by atoms with Crippen molar-refractivity contribution in [2.24, 2.45) is 4.99 Å². The van der Waals surface area contributed by atoms with Crippen molar-refractivity contribution in [1.29, 1.82) is 0 Å². The highest BCUT2D eigenvalue weighted by Gasteiger charge is 2.47. The summed E-state index contributed by atoms with van der Waals surface area (Å²) >= 11 is 4.44. The van der Waals surface area contributed by atoms with Crippen molar-refractivity contribution in [2.45, 2.75) is 51.4 Å². The zero-order chi connectivity index (χ0) is 16.0. The van der Waals surface area contributed by atoms with E-state index in [0.29, 0.717) is 0 Å². The summed E-state index contributed by atoms with van der Waals surface area (Å²) in [5, 5.41) is 12.1. The van der Waals surface area contributed by atoms with Gasteiger partial charge in [-0.05, 0) is 19.1 Å². The van der Waals surface area contributed by atoms with Crippen LogP contribution in [0.5, 0.6) is 0 Å². The number of thiocarbonyl (C=S) groups is 1. The van der Waals surface area contributed by atoms with Gasteiger partial charge >= 0.3 is 11.9 Å². The molecule has 1 unspecified atom stereocenters. The summed E-state index contributed by atoms with van der Waals surface area (Å²) in [6.45, 7) is 0.250. The topological polar surface area (TPSA) is 94.4 Å². The fourth-order valence-electron chi connectivity index (χ4n) is 1.76. The number of nitrogens with zero attached hydrogens (tertiary/aromatic N) is 1. The van der Waals surface area contributed by atoms with Gasteiger partial charge in [0, 0.05) is 16.5 Å². The summed E-state index contributed by atoms with van der Waals surface area (Å²) in [6, 6.07) is 0. The molecule has 0 aromatic heterocycles. The molecule has 0 amide bonds. The minimum absolute atomic E-state index is 0.625. The summed E-state index contributed by atoms with van der Waals surface area (Å²) in [4.78, 5) is 26.2. The fraction of sp³-hybridized carbons (Fsp3) is 0.727. The number of ether oxygens (including phenoxy) is 3. The Morgan fingerprint density at radius 2 is 1.95 bits per heavy atom. The number of hydrogen-bond donors (Lipinski definition) is 1. The first kappa shape index (κ1) is 12.7. The summed E-state index contributed by atoms with van der Waals surface area (Å²) in [7, 11) is 0. The van der Waals surface area contributed by atoms with Crippen LogP contribution in [0.1, 0.15) is 23.5 Å². The van der Waals surface area contributed by atoms with Gasteiger partial charge in [-0.3, -0.25) is 9.59 Å². The van der Waals surface area contributed by atoms with Crippen LogP contribution in [0.2, 0.25) is 0 Å². The maximum atomic E-state index is 11.3. The second kappa shape index (κ2) is 6.72. The molecule has 1 heterocycles. The van der Waals surface area contributed by atoms with Gasteiger partial charge in [0.1, 0.15) is 6.10 Å². The fourth-order valence-corrected chi connectivity index (χ4v) is 1.87. The molecule has 0 aromatic rings. The molecule has 0 spiro atoms. The highest BCUT2D eigenvalue weighted by atomic mass is 32.1. The van der Waals surface area contributed by atoms with E-state index in [1.165, 1.54) is 6.92 Å². The van der Waals surface area contributed by atoms with Crippen molar-refractivity contribution in [1.82, 2.24) is 0 Å². The number of isothiocyanates is 1. The maximum Gasteiger partial charge on any atom is 0.303 e. The van der Waals surface area contributed by atoms with Crippen molar-refractivity contribution in [3.63, 3.8) is 0 Å². The van der Waals surface area contributed by atoms with Crippen molar-refractivity contribution in [3.05, 3.63) is 0 Å². The third kappa shape index (κ3) is 4.07. The average Bonchev–Trinajstić information content (AvgIpc) is 2.47. The molecule has 0 bridgehead atoms. The van der Waals surface area contributed by atoms with E-state index in [9.17, 15) is 14.7 Å². The van der Waals surface area contributed by atoms with E-state index in [1.807, 2.05) is 0 Å². The molecule has 0 aromatic carbocycles. The minimum atomic E-state index is -1.43. The van der Waals surface area contributed by atoms with Crippen LogP contribution in [0.4, 0.5) is 0 Å². The Labute approximate surface area is 118 Å². The summed E-state index contributed by atoms with van der Waals surface area (Å²) in [6.07, 6.45) is -5.68. The van der Waals surface area contributed by atoms with Gasteiger partial charge < -0.3 is 19.3 Å². The Balaban J connectivity index is 2.98. The third-order valence-electron chi connectivity index (χ3n) is 2.48. The molecule has 7 nitrogen and oxygen atoms in total. The third-order valence-corrected chi connectivity index (χ3v) is 2.59. The molecule has 1 rings (SSSR count). The standard InChI is InChI=1S/C11H15NO6S/c1-5-9(17-6(2)13)10(18-7(3)14)8(15)11(16-5)12-4-19/h5,8-11,15H,1-3H3/t5-,8+,9-,10-,11?/m0/s1/i2D,3D. The van der Waals surface area contributed by atoms with E-state index >= 15 is 0 Å². The number of carbonyl (C=O) groups is 2. The lowest BCUT2D eigenvalue weighted by Gasteiger charge is -2.40. The lowest BCUT2D eigenvalue weighted by Crippen LogP contribution is -2.58. The van der Waals surface area contributed by atoms with Gasteiger partial charge in [-0.2, -0.15) is 4.99 Å². The van der Waals surface area contributed by atoms with Crippen molar-refractivity contribution >= 4 is 29.3 Å². The Morgan fingerprint density at radius 3 is 2.47 bits per heavy atom. The van der Waals surface area contributed by atoms with Gasteiger partial charge in [0.25, 0.3) is 0 Å². The zero-order valence-electron chi connectivity index (χ0n) is 12.1. The van der Waals surface area contributed by atoms with Gasteiger partial charge in [-0.1, -0.05) is 0 Å². The number of rotatable bonds is 3. The van der Waals surface area contributed by atoms with E-state index in [-0.39, 0.29) is 0 Å². The van der Waals surface area contributed by atoms with E-state index in [2.05, 4.69) is 22.4 Å². The summed E-state index contributed by atoms with van der Waals surface area (Å²) < 4.78 is 29.1. The van der Waals surface area contributed by atoms with Gasteiger partial charge in [0.05, 0.1) is 11.3 Å². The largest absolute Gasteiger partial charge is 0.456 e. The number of aliphatic hydroxyl groups excluding tert-OH is 1. The number of hydrogen-bond acceptors (Lipinski definition) is 8. The smallest absolute Gasteiger partial charge is 0.303 e. The molecule has 0 saturated carbocycles. The minimum Gasteiger partial charge on any atom is -0.456 e. The Hall–Kier alpha value is -1.34. The predicted octanol–water partition coefficient (Wildman–Crippen LogP) is 0.0583. The number of esters is 2. The monoisotopic (exact) mass is 291 g/mol. The number of aliphatic imine (C=N–C) groups is 1. The second-order valence-electron chi connectivity index (χ2n) is 3.85. The molecule has 19 heavy (non-hydrogen) atoms. The lowest BCUT2D eigenvalue weighted by molar-refractivity contribution is -0.235. The Bertz CT molecular complexity index is 444. The number of carbonyl (C=O) groups excluding carboxylic acids is 2. The Kier molecular flexibility index (Phi) is 4.48. The number of aliphatic hydroxyl groups is 1. The molecular weight excluding hydrogens is 274 g/mol. The highest BCUT2D eigenvalue weighted by Crippen LogP contribution is 2.26. The average molecular weight is 291 g/mol. The first-order chi connectivity index (χ1) is 9.94. The van der Waals surface area contributed by atoms with Crippen LogP contribution < -0.4 is 0 Å². The van der Waals surface area contributed by atoms with E-state index in [4.69, 9.17) is 17.0 Å². The maximum absolute atomic E-state index is 11.3. The first-order valence-electron chi connectivity index (χ1n) is 6.74. The molecule has 1 saturated heterocycles. The molecule has 106 valence electrons. The van der Waals surface area contributed by atoms with Crippen LogP contribution >= 0.6 is 12.2 Å². The second-order valence-corrected chi connectivity index (χ2v) is 4.03. The van der Waals surface area contributed by atoms with Crippen LogP contribution in [0.25, 0.3) is 0 Å². The molecule has 0 radical (unpaired) electrons. The van der Waals surface area contributed by atoms with Crippen LogP contribution in [-0.2, 0) is 23.8 Å². The van der Waals surface area contributed by atoms with Crippen molar-refractivity contribution in [3.8, 4) is 0 Å². The van der Waals surface area contributed by atoms with Crippen molar-refractivity contribution < 1.29 is 31.6 Å². The van der Waals surface area contributed by atoms with Crippen molar-refractivity contribution in [2.75, 3.05) is 0 Å². The SMILES string of the molecule is [2H]CC(=O)O[C@@H]1[C@@H](OC(=O)C[2H])[C@@H](O)C(N=C=S)O[C@H]1C. The van der Waals surface area contributed by atoms with Gasteiger partial charge in [0.2, 0.25) is 0 Å². The molecule has 1 aliphatic heterocycles. The van der Waals surface area contributed by atoms with Gasteiger partial charge in [-0.15, -0.1) is 0 Å². The van der Waals surface area contributed by atoms with Gasteiger partial charge in [-0.25, -0.2) is 0 Å². The molecule has 5 atom stereocenters. The van der Waals surface area contributed by atoms with Crippen LogP contribution in [0, 0.1) is 0 Å². The normalized spacial score (nSPS) is 35.4. The van der Waals surface area contributed by atoms with E-state index in [1.54, 1.807) is 0 Å². The first-order valence-corrected chi connectivity index (χ1v) is 5.73. The molecule has 0 aliphatic carbocycles. The van der Waals surface area contributed by atoms with Crippen LogP contribution in [0.3, 0.4) is 0 Å². The lowest BCUT2D eigenvalue weighted by atomic mass is 9.98. The zero-order valence-corrected chi connectivity index (χ0v) is 11.0. The molecule has 8 heteroatoms. The molecule has 1 aliphatic rings. The van der Waals surface area contributed by atoms with E-state index < -0.39 is 56.4 Å². The van der Waals surface area contributed by atoms with Crippen LogP contribution in [0.15, 0.2) is 4.99 Å². The Morgan fingerprint density at radius 1 is 1.37 bits per heavy atom. The quantitative estimate of drug-likeness (QED) is 0.446. The molecule has 1 fully saturated rings. The molecule has 1 N–H and O–H groups in total. The van der Waals surface area contributed by atoms with Gasteiger partial charge in [0.15, 0.2) is 18.4 Å². The summed E-state index contributed by atoms with van der Waals surface area (Å²) in [5.74, 6) is -1.75. The van der Waals surface area contributed by atoms with E-state index in [0.717, 1.165) is 0 Å². The highest BCUT2D eigenvalue weighted by molar-refractivity contribution is 7.78. The molecular formula is C11H15NO6S.